The number of anilines is 1. The number of sulfonamides is 1. The van der Waals surface area contributed by atoms with E-state index in [1.54, 1.807) is 6.07 Å². The molecule has 0 radical (unpaired) electrons. The summed E-state index contributed by atoms with van der Waals surface area (Å²) in [6, 6.07) is 12.2. The Morgan fingerprint density at radius 1 is 1.06 bits per heavy atom. The van der Waals surface area contributed by atoms with Crippen LogP contribution in [0, 0.1) is 0 Å². The molecule has 1 aliphatic heterocycles. The van der Waals surface area contributed by atoms with Crippen LogP contribution in [0.4, 0.5) is 5.69 Å². The highest BCUT2D eigenvalue weighted by Crippen LogP contribution is 2.31. The Balaban J connectivity index is 1.76. The van der Waals surface area contributed by atoms with Gasteiger partial charge in [0.25, 0.3) is 5.91 Å². The van der Waals surface area contributed by atoms with E-state index in [1.807, 2.05) is 38.1 Å². The summed E-state index contributed by atoms with van der Waals surface area (Å²) < 4.78 is 39.0. The number of nitrogens with one attached hydrogen (secondary N) is 1. The first kappa shape index (κ1) is 24.1. The number of ether oxygens (including phenoxy) is 2. The summed E-state index contributed by atoms with van der Waals surface area (Å²) in [6.07, 6.45) is 3.54. The third-order valence-electron chi connectivity index (χ3n) is 5.24. The molecule has 2 aromatic rings. The molecule has 0 bridgehead atoms. The number of nitrogens with zero attached hydrogens (tertiary/aromatic N) is 1. The fourth-order valence-electron chi connectivity index (χ4n) is 3.53. The summed E-state index contributed by atoms with van der Waals surface area (Å²) in [5, 5.41) is 2.75. The van der Waals surface area contributed by atoms with Gasteiger partial charge in [-0.15, -0.1) is 0 Å². The Morgan fingerprint density at radius 2 is 1.75 bits per heavy atom. The quantitative estimate of drug-likeness (QED) is 0.605. The highest BCUT2D eigenvalue weighted by molar-refractivity contribution is 7.89. The van der Waals surface area contributed by atoms with Gasteiger partial charge in [-0.2, -0.15) is 4.31 Å². The molecule has 0 aliphatic carbocycles. The monoisotopic (exact) mass is 460 g/mol. The molecule has 1 heterocycles. The van der Waals surface area contributed by atoms with Gasteiger partial charge in [-0.3, -0.25) is 4.79 Å². The van der Waals surface area contributed by atoms with Crippen LogP contribution in [0.5, 0.6) is 11.5 Å². The summed E-state index contributed by atoms with van der Waals surface area (Å²) in [4.78, 5) is 12.7. The molecule has 2 aromatic carbocycles. The van der Waals surface area contributed by atoms with Crippen molar-refractivity contribution in [1.29, 1.82) is 0 Å². The smallest absolute Gasteiger partial charge is 0.262 e. The standard InChI is InChI=1S/C24H32N2O5S/c1-4-19-8-10-20(11-9-19)30-17-24(27)25-22-16-21(12-13-23(22)31-18(2)3)32(28,29)26-14-6-5-7-15-26/h8-13,16,18H,4-7,14-15,17H2,1-3H3,(H,25,27). The van der Waals surface area contributed by atoms with E-state index in [2.05, 4.69) is 12.2 Å². The number of benzene rings is 2. The molecular weight excluding hydrogens is 428 g/mol. The maximum atomic E-state index is 13.1. The van der Waals surface area contributed by atoms with Crippen molar-refractivity contribution in [2.75, 3.05) is 25.0 Å². The van der Waals surface area contributed by atoms with Crippen molar-refractivity contribution >= 4 is 21.6 Å². The third kappa shape index (κ3) is 6.23. The summed E-state index contributed by atoms with van der Waals surface area (Å²) in [5.74, 6) is 0.612. The number of carbonyl (C=O) groups excluding carboxylic acids is 1. The Kier molecular flexibility index (Phi) is 8.15. The number of aryl methyl sites for hydroxylation is 1. The van der Waals surface area contributed by atoms with Gasteiger partial charge in [-0.05, 0) is 69.0 Å². The number of hydrogen-bond donors (Lipinski definition) is 1. The molecule has 0 atom stereocenters. The molecule has 7 nitrogen and oxygen atoms in total. The number of piperidine rings is 1. The predicted octanol–water partition coefficient (Wildman–Crippen LogP) is 4.23. The van der Waals surface area contributed by atoms with Crippen molar-refractivity contribution in [3.05, 3.63) is 48.0 Å². The molecule has 0 saturated carbocycles. The van der Waals surface area contributed by atoms with E-state index in [0.717, 1.165) is 25.7 Å². The van der Waals surface area contributed by atoms with E-state index >= 15 is 0 Å². The zero-order valence-electron chi connectivity index (χ0n) is 19.0. The first-order valence-electron chi connectivity index (χ1n) is 11.1. The molecule has 1 fully saturated rings. The van der Waals surface area contributed by atoms with Crippen LogP contribution in [-0.2, 0) is 21.2 Å². The van der Waals surface area contributed by atoms with Crippen LogP contribution in [0.3, 0.4) is 0 Å². The first-order valence-corrected chi connectivity index (χ1v) is 12.6. The Morgan fingerprint density at radius 3 is 2.38 bits per heavy atom. The summed E-state index contributed by atoms with van der Waals surface area (Å²) in [5.41, 5.74) is 1.50. The van der Waals surface area contributed by atoms with Crippen molar-refractivity contribution in [3.8, 4) is 11.5 Å². The maximum Gasteiger partial charge on any atom is 0.262 e. The van der Waals surface area contributed by atoms with Gasteiger partial charge in [0.05, 0.1) is 16.7 Å². The van der Waals surface area contributed by atoms with Crippen molar-refractivity contribution in [2.24, 2.45) is 0 Å². The average Bonchev–Trinajstić information content (AvgIpc) is 2.79. The van der Waals surface area contributed by atoms with E-state index in [1.165, 1.54) is 22.0 Å². The lowest BCUT2D eigenvalue weighted by Gasteiger charge is -2.26. The maximum absolute atomic E-state index is 13.1. The minimum absolute atomic E-state index is 0.136. The second-order valence-electron chi connectivity index (χ2n) is 8.12. The van der Waals surface area contributed by atoms with Gasteiger partial charge in [0.15, 0.2) is 6.61 Å². The largest absolute Gasteiger partial charge is 0.489 e. The zero-order chi connectivity index (χ0) is 23.1. The molecule has 1 N–H and O–H groups in total. The molecule has 0 unspecified atom stereocenters. The first-order chi connectivity index (χ1) is 15.3. The van der Waals surface area contributed by atoms with Crippen LogP contribution in [0.1, 0.15) is 45.6 Å². The third-order valence-corrected chi connectivity index (χ3v) is 7.14. The van der Waals surface area contributed by atoms with Gasteiger partial charge in [-0.25, -0.2) is 8.42 Å². The van der Waals surface area contributed by atoms with Crippen LogP contribution >= 0.6 is 0 Å². The Hall–Kier alpha value is -2.58. The van der Waals surface area contributed by atoms with Gasteiger partial charge < -0.3 is 14.8 Å². The molecular formula is C24H32N2O5S. The molecule has 1 saturated heterocycles. The molecule has 8 heteroatoms. The predicted molar refractivity (Wildman–Crippen MR) is 125 cm³/mol. The number of hydrogen-bond acceptors (Lipinski definition) is 5. The fraction of sp³-hybridized carbons (Fsp3) is 0.458. The number of amides is 1. The average molecular weight is 461 g/mol. The van der Waals surface area contributed by atoms with E-state index in [9.17, 15) is 13.2 Å². The van der Waals surface area contributed by atoms with Crippen LogP contribution in [-0.4, -0.2) is 44.4 Å². The van der Waals surface area contributed by atoms with Gasteiger partial charge >= 0.3 is 0 Å². The highest BCUT2D eigenvalue weighted by atomic mass is 32.2. The second kappa shape index (κ2) is 10.8. The van der Waals surface area contributed by atoms with Crippen LogP contribution in [0.2, 0.25) is 0 Å². The molecule has 174 valence electrons. The van der Waals surface area contributed by atoms with E-state index in [0.29, 0.717) is 30.3 Å². The topological polar surface area (TPSA) is 84.9 Å². The highest BCUT2D eigenvalue weighted by Gasteiger charge is 2.27. The van der Waals surface area contributed by atoms with Crippen molar-refractivity contribution < 1.29 is 22.7 Å². The molecule has 32 heavy (non-hydrogen) atoms. The van der Waals surface area contributed by atoms with Gasteiger partial charge in [0.2, 0.25) is 10.0 Å². The zero-order valence-corrected chi connectivity index (χ0v) is 19.8. The molecule has 1 aliphatic rings. The van der Waals surface area contributed by atoms with Crippen LogP contribution < -0.4 is 14.8 Å². The molecule has 0 spiro atoms. The molecule has 3 rings (SSSR count). The lowest BCUT2D eigenvalue weighted by Crippen LogP contribution is -2.35. The Bertz CT molecular complexity index is 1010. The normalized spacial score (nSPS) is 14.9. The fourth-order valence-corrected chi connectivity index (χ4v) is 5.08. The van der Waals surface area contributed by atoms with E-state index < -0.39 is 15.9 Å². The summed E-state index contributed by atoms with van der Waals surface area (Å²) in [6.45, 7) is 6.63. The summed E-state index contributed by atoms with van der Waals surface area (Å²) >= 11 is 0. The number of rotatable bonds is 9. The van der Waals surface area contributed by atoms with E-state index in [-0.39, 0.29) is 17.6 Å². The van der Waals surface area contributed by atoms with Crippen molar-refractivity contribution in [2.45, 2.75) is 57.5 Å². The van der Waals surface area contributed by atoms with Gasteiger partial charge in [-0.1, -0.05) is 25.5 Å². The van der Waals surface area contributed by atoms with Crippen molar-refractivity contribution in [1.82, 2.24) is 4.31 Å². The Labute approximate surface area is 190 Å². The minimum atomic E-state index is -3.63. The SMILES string of the molecule is CCc1ccc(OCC(=O)Nc2cc(S(=O)(=O)N3CCCCC3)ccc2OC(C)C)cc1. The second-order valence-corrected chi connectivity index (χ2v) is 10.1. The van der Waals surface area contributed by atoms with Crippen LogP contribution in [0.25, 0.3) is 0 Å². The lowest BCUT2D eigenvalue weighted by atomic mass is 10.2. The lowest BCUT2D eigenvalue weighted by molar-refractivity contribution is -0.118. The van der Waals surface area contributed by atoms with Gasteiger partial charge in [0.1, 0.15) is 11.5 Å². The number of carbonyl (C=O) groups is 1. The van der Waals surface area contributed by atoms with Gasteiger partial charge in [0, 0.05) is 13.1 Å². The molecule has 1 amide bonds. The minimum Gasteiger partial charge on any atom is -0.489 e. The summed E-state index contributed by atoms with van der Waals surface area (Å²) in [7, 11) is -3.63. The van der Waals surface area contributed by atoms with Crippen molar-refractivity contribution in [3.63, 3.8) is 0 Å². The van der Waals surface area contributed by atoms with Crippen LogP contribution in [0.15, 0.2) is 47.4 Å². The van der Waals surface area contributed by atoms with E-state index in [4.69, 9.17) is 9.47 Å². The molecule has 0 aromatic heterocycles.